The zero-order valence-electron chi connectivity index (χ0n) is 9.10. The number of allylic oxidation sites excluding steroid dienone is 2. The van der Waals surface area contributed by atoms with Crippen molar-refractivity contribution in [3.63, 3.8) is 0 Å². The maximum atomic E-state index is 11.8. The Labute approximate surface area is 104 Å². The third-order valence-corrected chi connectivity index (χ3v) is 3.48. The number of hydrogen-bond donors (Lipinski definition) is 0. The maximum Gasteiger partial charge on any atom is 0.310 e. The van der Waals surface area contributed by atoms with Gasteiger partial charge in [0.15, 0.2) is 0 Å². The van der Waals surface area contributed by atoms with Crippen LogP contribution in [0, 0.1) is 23.7 Å². The van der Waals surface area contributed by atoms with Crippen LogP contribution >= 0.6 is 11.6 Å². The Bertz CT molecular complexity index is 401. The molecule has 0 heterocycles. The van der Waals surface area contributed by atoms with Gasteiger partial charge >= 0.3 is 5.97 Å². The quantitative estimate of drug-likeness (QED) is 0.541. The van der Waals surface area contributed by atoms with E-state index >= 15 is 0 Å². The Hall–Kier alpha value is -1.29. The molecule has 0 radical (unpaired) electrons. The zero-order valence-corrected chi connectivity index (χ0v) is 9.85. The summed E-state index contributed by atoms with van der Waals surface area (Å²) in [4.78, 5) is 22.9. The van der Waals surface area contributed by atoms with Crippen LogP contribution in [0.2, 0.25) is 0 Å². The number of carboxylic acids is 1. The Kier molecular flexibility index (Phi) is 3.24. The van der Waals surface area contributed by atoms with Gasteiger partial charge in [-0.3, -0.25) is 4.79 Å². The largest absolute Gasteiger partial charge is 0.550 e. The summed E-state index contributed by atoms with van der Waals surface area (Å²) in [7, 11) is 0. The smallest absolute Gasteiger partial charge is 0.310 e. The Morgan fingerprint density at radius 1 is 1.35 bits per heavy atom. The number of hydrogen-bond acceptors (Lipinski definition) is 4. The van der Waals surface area contributed by atoms with Gasteiger partial charge in [-0.05, 0) is 18.3 Å². The maximum absolute atomic E-state index is 11.8. The molecule has 2 rings (SSSR count). The van der Waals surface area contributed by atoms with Crippen LogP contribution in [0.1, 0.15) is 6.42 Å². The molecule has 0 aromatic rings. The predicted octanol–water partition coefficient (Wildman–Crippen LogP) is 0.470. The fraction of sp³-hybridized carbons (Fsp3) is 0.500. The summed E-state index contributed by atoms with van der Waals surface area (Å²) in [6, 6.07) is 0. The van der Waals surface area contributed by atoms with E-state index in [0.717, 1.165) is 0 Å². The summed E-state index contributed by atoms with van der Waals surface area (Å²) in [5.41, 5.74) is 0. The van der Waals surface area contributed by atoms with Gasteiger partial charge in [-0.15, -0.1) is 0 Å². The first-order valence-corrected chi connectivity index (χ1v) is 5.77. The minimum atomic E-state index is -1.19. The predicted molar refractivity (Wildman–Crippen MR) is 58.7 cm³/mol. The van der Waals surface area contributed by atoms with E-state index in [1.807, 2.05) is 12.2 Å². The molecule has 0 amide bonds. The third kappa shape index (κ3) is 2.22. The Balaban J connectivity index is 2.08. The van der Waals surface area contributed by atoms with Crippen LogP contribution in [0.15, 0.2) is 23.8 Å². The standard InChI is InChI=1S/C12H13ClO4/c1-6(13)5-17-12(16)10-8-3-2-7(4-8)9(10)11(14)15/h2-3,7-10H,1,4-5H2,(H,14,15)/p-1/t7-,8-,9-,10-/m0/s1. The SMILES string of the molecule is C=C(Cl)COC(=O)[C@@H]1[C@@H](C(=O)[O-])[C@H]2C=C[C@H]1C2. The molecule has 4 nitrogen and oxygen atoms in total. The first-order valence-electron chi connectivity index (χ1n) is 5.40. The second kappa shape index (κ2) is 4.53. The Morgan fingerprint density at radius 3 is 2.47 bits per heavy atom. The zero-order chi connectivity index (χ0) is 12.6. The summed E-state index contributed by atoms with van der Waals surface area (Å²) >= 11 is 5.49. The van der Waals surface area contributed by atoms with E-state index in [-0.39, 0.29) is 23.5 Å². The summed E-state index contributed by atoms with van der Waals surface area (Å²) in [6.07, 6.45) is 4.40. The average Bonchev–Trinajstić information content (AvgIpc) is 2.84. The van der Waals surface area contributed by atoms with E-state index in [9.17, 15) is 14.7 Å². The normalized spacial score (nSPS) is 33.7. The number of rotatable bonds is 4. The molecule has 0 aliphatic heterocycles. The molecule has 0 unspecified atom stereocenters. The van der Waals surface area contributed by atoms with Crippen molar-refractivity contribution < 1.29 is 19.4 Å². The van der Waals surface area contributed by atoms with Crippen molar-refractivity contribution in [1.29, 1.82) is 0 Å². The number of carboxylic acid groups (broad SMARTS) is 1. The van der Waals surface area contributed by atoms with Crippen molar-refractivity contribution in [1.82, 2.24) is 0 Å². The minimum absolute atomic E-state index is 0.0565. The second-order valence-electron chi connectivity index (χ2n) is 4.44. The minimum Gasteiger partial charge on any atom is -0.550 e. The fourth-order valence-electron chi connectivity index (χ4n) is 2.71. The van der Waals surface area contributed by atoms with Crippen LogP contribution in [0.4, 0.5) is 0 Å². The van der Waals surface area contributed by atoms with Gasteiger partial charge in [0.2, 0.25) is 0 Å². The van der Waals surface area contributed by atoms with Gasteiger partial charge in [-0.2, -0.15) is 0 Å². The lowest BCUT2D eigenvalue weighted by molar-refractivity contribution is -0.314. The molecule has 0 saturated heterocycles. The number of aliphatic carboxylic acids is 1. The summed E-state index contributed by atoms with van der Waals surface area (Å²) in [6.45, 7) is 3.32. The topological polar surface area (TPSA) is 66.4 Å². The van der Waals surface area contributed by atoms with Crippen LogP contribution in [0.5, 0.6) is 0 Å². The van der Waals surface area contributed by atoms with E-state index in [0.29, 0.717) is 6.42 Å². The van der Waals surface area contributed by atoms with E-state index in [4.69, 9.17) is 16.3 Å². The second-order valence-corrected chi connectivity index (χ2v) is 4.98. The van der Waals surface area contributed by atoms with Crippen molar-refractivity contribution in [2.75, 3.05) is 6.61 Å². The summed E-state index contributed by atoms with van der Waals surface area (Å²) < 4.78 is 4.92. The van der Waals surface area contributed by atoms with Crippen LogP contribution in [0.25, 0.3) is 0 Å². The molecule has 0 spiro atoms. The molecule has 1 fully saturated rings. The monoisotopic (exact) mass is 255 g/mol. The van der Waals surface area contributed by atoms with E-state index in [2.05, 4.69) is 6.58 Å². The van der Waals surface area contributed by atoms with Crippen LogP contribution < -0.4 is 5.11 Å². The first kappa shape index (κ1) is 12.2. The van der Waals surface area contributed by atoms with E-state index in [1.165, 1.54) is 0 Å². The molecule has 2 aliphatic carbocycles. The van der Waals surface area contributed by atoms with Gasteiger partial charge in [0.05, 0.1) is 5.92 Å². The fourth-order valence-corrected chi connectivity index (χ4v) is 2.77. The molecule has 5 heteroatoms. The number of fused-ring (bicyclic) bond motifs is 2. The summed E-state index contributed by atoms with van der Waals surface area (Å²) in [5.74, 6) is -3.31. The molecule has 0 N–H and O–H groups in total. The van der Waals surface area contributed by atoms with Gasteiger partial charge in [0.25, 0.3) is 0 Å². The van der Waals surface area contributed by atoms with E-state index in [1.54, 1.807) is 0 Å². The molecule has 0 aromatic carbocycles. The third-order valence-electron chi connectivity index (χ3n) is 3.37. The van der Waals surface area contributed by atoms with Crippen molar-refractivity contribution in [3.05, 3.63) is 23.8 Å². The number of esters is 1. The van der Waals surface area contributed by atoms with Crippen LogP contribution in [-0.4, -0.2) is 18.5 Å². The molecular weight excluding hydrogens is 244 g/mol. The van der Waals surface area contributed by atoms with Gasteiger partial charge in [0, 0.05) is 16.9 Å². The van der Waals surface area contributed by atoms with Gasteiger partial charge in [-0.1, -0.05) is 30.3 Å². The highest BCUT2D eigenvalue weighted by Gasteiger charge is 2.49. The Morgan fingerprint density at radius 2 is 1.94 bits per heavy atom. The molecule has 2 bridgehead atoms. The van der Waals surface area contributed by atoms with Gasteiger partial charge < -0.3 is 14.6 Å². The molecule has 0 aromatic heterocycles. The number of carbonyl (C=O) groups excluding carboxylic acids is 2. The number of ether oxygens (including phenoxy) is 1. The molecule has 4 atom stereocenters. The van der Waals surface area contributed by atoms with Crippen molar-refractivity contribution in [3.8, 4) is 0 Å². The molecule has 92 valence electrons. The van der Waals surface area contributed by atoms with Gasteiger partial charge in [-0.25, -0.2) is 0 Å². The molecule has 17 heavy (non-hydrogen) atoms. The van der Waals surface area contributed by atoms with Crippen LogP contribution in [0.3, 0.4) is 0 Å². The van der Waals surface area contributed by atoms with Crippen LogP contribution in [-0.2, 0) is 14.3 Å². The average molecular weight is 256 g/mol. The molecule has 1 saturated carbocycles. The number of carbonyl (C=O) groups is 2. The highest BCUT2D eigenvalue weighted by molar-refractivity contribution is 6.29. The lowest BCUT2D eigenvalue weighted by Crippen LogP contribution is -2.41. The van der Waals surface area contributed by atoms with Gasteiger partial charge in [0.1, 0.15) is 6.61 Å². The van der Waals surface area contributed by atoms with Crippen molar-refractivity contribution in [2.24, 2.45) is 23.7 Å². The number of halogens is 1. The lowest BCUT2D eigenvalue weighted by atomic mass is 9.83. The highest BCUT2D eigenvalue weighted by atomic mass is 35.5. The summed E-state index contributed by atoms with van der Waals surface area (Å²) in [5, 5.41) is 11.3. The lowest BCUT2D eigenvalue weighted by Gasteiger charge is -2.26. The van der Waals surface area contributed by atoms with E-state index < -0.39 is 23.8 Å². The highest BCUT2D eigenvalue weighted by Crippen LogP contribution is 2.48. The first-order chi connectivity index (χ1) is 8.00. The molecular formula is C12H12ClO4-. The van der Waals surface area contributed by atoms with Crippen molar-refractivity contribution >= 4 is 23.5 Å². The molecule has 2 aliphatic rings. The van der Waals surface area contributed by atoms with Crippen molar-refractivity contribution in [2.45, 2.75) is 6.42 Å².